The van der Waals surface area contributed by atoms with Crippen molar-refractivity contribution in [2.75, 3.05) is 18.4 Å². The van der Waals surface area contributed by atoms with Crippen molar-refractivity contribution >= 4 is 11.6 Å². The number of carbonyl (C=O) groups is 1. The summed E-state index contributed by atoms with van der Waals surface area (Å²) in [4.78, 5) is 12.4. The Kier molecular flexibility index (Phi) is 4.90. The first-order valence-electron chi connectivity index (χ1n) is 9.46. The molecule has 144 valence electrons. The number of amides is 1. The quantitative estimate of drug-likeness (QED) is 0.865. The van der Waals surface area contributed by atoms with Gasteiger partial charge in [-0.15, -0.1) is 10.2 Å². The van der Waals surface area contributed by atoms with Crippen LogP contribution in [0, 0.1) is 5.92 Å². The van der Waals surface area contributed by atoms with Crippen molar-refractivity contribution in [1.82, 2.24) is 20.1 Å². The van der Waals surface area contributed by atoms with Gasteiger partial charge in [0.05, 0.1) is 6.54 Å². The zero-order valence-corrected chi connectivity index (χ0v) is 15.0. The third-order valence-corrected chi connectivity index (χ3v) is 5.29. The number of hydrogen-bond acceptors (Lipinski definition) is 4. The number of nitrogens with zero attached hydrogens (tertiary/aromatic N) is 3. The van der Waals surface area contributed by atoms with Crippen molar-refractivity contribution in [3.8, 4) is 11.4 Å². The second-order valence-corrected chi connectivity index (χ2v) is 7.25. The highest BCUT2D eigenvalue weighted by Gasteiger charge is 2.45. The zero-order valence-electron chi connectivity index (χ0n) is 15.0. The maximum Gasteiger partial charge on any atom is 0.271 e. The number of fused-ring (bicyclic) bond motifs is 1. The second kappa shape index (κ2) is 7.34. The first kappa shape index (κ1) is 18.0. The Hall–Kier alpha value is -2.35. The highest BCUT2D eigenvalue weighted by molar-refractivity contribution is 5.93. The molecule has 0 radical (unpaired) electrons. The Balaban J connectivity index is 1.55. The Labute approximate surface area is 156 Å². The highest BCUT2D eigenvalue weighted by atomic mass is 19.3. The van der Waals surface area contributed by atoms with Crippen LogP contribution in [-0.4, -0.2) is 39.7 Å². The van der Waals surface area contributed by atoms with Crippen LogP contribution in [0.2, 0.25) is 0 Å². The maximum absolute atomic E-state index is 14.0. The monoisotopic (exact) mass is 375 g/mol. The molecule has 1 unspecified atom stereocenters. The van der Waals surface area contributed by atoms with Crippen LogP contribution in [0.15, 0.2) is 24.3 Å². The Morgan fingerprint density at radius 2 is 2.15 bits per heavy atom. The molecule has 0 spiro atoms. The summed E-state index contributed by atoms with van der Waals surface area (Å²) in [6.07, 6.45) is 4.39. The smallest absolute Gasteiger partial charge is 0.271 e. The molecule has 6 nitrogen and oxygen atoms in total. The van der Waals surface area contributed by atoms with E-state index < -0.39 is 24.3 Å². The third-order valence-electron chi connectivity index (χ3n) is 5.29. The van der Waals surface area contributed by atoms with E-state index in [-0.39, 0.29) is 6.42 Å². The van der Waals surface area contributed by atoms with Gasteiger partial charge in [0.25, 0.3) is 5.92 Å². The topological polar surface area (TPSA) is 71.8 Å². The summed E-state index contributed by atoms with van der Waals surface area (Å²) in [6, 6.07) is 7.18. The lowest BCUT2D eigenvalue weighted by molar-refractivity contribution is -0.137. The molecule has 1 fully saturated rings. The van der Waals surface area contributed by atoms with Gasteiger partial charge >= 0.3 is 0 Å². The molecule has 0 saturated carbocycles. The van der Waals surface area contributed by atoms with E-state index in [1.807, 2.05) is 6.07 Å². The van der Waals surface area contributed by atoms with Crippen molar-refractivity contribution in [3.05, 3.63) is 30.1 Å². The first-order valence-corrected chi connectivity index (χ1v) is 9.46. The maximum atomic E-state index is 14.0. The average Bonchev–Trinajstić information content (AvgIpc) is 2.90. The van der Waals surface area contributed by atoms with Crippen molar-refractivity contribution in [2.45, 2.75) is 44.6 Å². The summed E-state index contributed by atoms with van der Waals surface area (Å²) in [7, 11) is 0. The molecule has 1 atom stereocenters. The molecule has 27 heavy (non-hydrogen) atoms. The molecule has 1 aromatic carbocycles. The lowest BCUT2D eigenvalue weighted by Gasteiger charge is -2.30. The van der Waals surface area contributed by atoms with E-state index >= 15 is 0 Å². The molecular formula is C19H23F2N5O. The molecular weight excluding hydrogens is 352 g/mol. The summed E-state index contributed by atoms with van der Waals surface area (Å²) >= 11 is 0. The number of rotatable bonds is 3. The number of aromatic nitrogens is 3. The summed E-state index contributed by atoms with van der Waals surface area (Å²) in [5, 5.41) is 13.9. The average molecular weight is 375 g/mol. The van der Waals surface area contributed by atoms with Crippen LogP contribution < -0.4 is 10.6 Å². The van der Waals surface area contributed by atoms with Crippen LogP contribution in [0.25, 0.3) is 11.4 Å². The standard InChI is InChI=1S/C19H23F2N5O/c20-19(21)12-22-9-8-15(19)18(27)23-14-6-4-5-13(11-14)17-25-24-16-7-2-1-3-10-26(16)17/h4-6,11,15,22H,1-3,7-10,12H2,(H,23,27). The van der Waals surface area contributed by atoms with Crippen LogP contribution >= 0.6 is 0 Å². The van der Waals surface area contributed by atoms with Gasteiger partial charge in [-0.3, -0.25) is 4.79 Å². The first-order chi connectivity index (χ1) is 13.0. The lowest BCUT2D eigenvalue weighted by Crippen LogP contribution is -2.50. The largest absolute Gasteiger partial charge is 0.326 e. The van der Waals surface area contributed by atoms with E-state index in [4.69, 9.17) is 0 Å². The number of carbonyl (C=O) groups excluding carboxylic acids is 1. The molecule has 2 aliphatic rings. The number of anilines is 1. The van der Waals surface area contributed by atoms with Gasteiger partial charge in [0, 0.05) is 24.2 Å². The Morgan fingerprint density at radius 1 is 1.26 bits per heavy atom. The molecule has 4 rings (SSSR count). The fraction of sp³-hybridized carbons (Fsp3) is 0.526. The van der Waals surface area contributed by atoms with Gasteiger partial charge in [-0.1, -0.05) is 18.6 Å². The molecule has 2 N–H and O–H groups in total. The van der Waals surface area contributed by atoms with Crippen LogP contribution in [0.1, 0.15) is 31.5 Å². The van der Waals surface area contributed by atoms with Gasteiger partial charge in [0.2, 0.25) is 5.91 Å². The molecule has 2 aliphatic heterocycles. The van der Waals surface area contributed by atoms with Crippen LogP contribution in [0.4, 0.5) is 14.5 Å². The predicted octanol–water partition coefficient (Wildman–Crippen LogP) is 2.85. The normalized spacial score (nSPS) is 21.9. The van der Waals surface area contributed by atoms with Crippen molar-refractivity contribution in [2.24, 2.45) is 5.92 Å². The fourth-order valence-electron chi connectivity index (χ4n) is 3.82. The molecule has 1 saturated heterocycles. The van der Waals surface area contributed by atoms with Gasteiger partial charge in [-0.25, -0.2) is 8.78 Å². The summed E-state index contributed by atoms with van der Waals surface area (Å²) < 4.78 is 30.1. The Bertz CT molecular complexity index is 835. The van der Waals surface area contributed by atoms with Gasteiger partial charge in [-0.05, 0) is 37.9 Å². The zero-order chi connectivity index (χ0) is 18.9. The minimum absolute atomic E-state index is 0.121. The molecule has 2 aromatic rings. The minimum atomic E-state index is -3.04. The number of alkyl halides is 2. The number of benzene rings is 1. The number of hydrogen-bond donors (Lipinski definition) is 2. The minimum Gasteiger partial charge on any atom is -0.326 e. The van der Waals surface area contributed by atoms with Crippen LogP contribution in [0.3, 0.4) is 0 Å². The van der Waals surface area contributed by atoms with E-state index in [0.717, 1.165) is 43.0 Å². The van der Waals surface area contributed by atoms with Crippen molar-refractivity contribution < 1.29 is 13.6 Å². The summed E-state index contributed by atoms with van der Waals surface area (Å²) in [6.45, 7) is 0.826. The number of aryl methyl sites for hydroxylation is 1. The van der Waals surface area contributed by atoms with Crippen LogP contribution in [0.5, 0.6) is 0 Å². The van der Waals surface area contributed by atoms with Crippen LogP contribution in [-0.2, 0) is 17.8 Å². The molecule has 1 aromatic heterocycles. The Morgan fingerprint density at radius 3 is 3.00 bits per heavy atom. The molecule has 3 heterocycles. The molecule has 0 bridgehead atoms. The van der Waals surface area contributed by atoms with Crippen molar-refractivity contribution in [3.63, 3.8) is 0 Å². The third kappa shape index (κ3) is 3.71. The van der Waals surface area contributed by atoms with Gasteiger partial charge in [0.15, 0.2) is 5.82 Å². The molecule has 0 aliphatic carbocycles. The fourth-order valence-corrected chi connectivity index (χ4v) is 3.82. The van der Waals surface area contributed by atoms with Gasteiger partial charge in [0.1, 0.15) is 11.7 Å². The van der Waals surface area contributed by atoms with E-state index in [9.17, 15) is 13.6 Å². The summed E-state index contributed by atoms with van der Waals surface area (Å²) in [5.41, 5.74) is 1.32. The van der Waals surface area contributed by atoms with E-state index in [2.05, 4.69) is 25.4 Å². The lowest BCUT2D eigenvalue weighted by atomic mass is 9.93. The van der Waals surface area contributed by atoms with Gasteiger partial charge < -0.3 is 15.2 Å². The summed E-state index contributed by atoms with van der Waals surface area (Å²) in [5.74, 6) is -3.25. The highest BCUT2D eigenvalue weighted by Crippen LogP contribution is 2.31. The van der Waals surface area contributed by atoms with Gasteiger partial charge in [-0.2, -0.15) is 0 Å². The predicted molar refractivity (Wildman–Crippen MR) is 97.6 cm³/mol. The van der Waals surface area contributed by atoms with E-state index in [0.29, 0.717) is 12.2 Å². The molecule has 8 heteroatoms. The number of nitrogens with one attached hydrogen (secondary N) is 2. The second-order valence-electron chi connectivity index (χ2n) is 7.25. The van der Waals surface area contributed by atoms with E-state index in [1.165, 1.54) is 6.42 Å². The molecule has 1 amide bonds. The van der Waals surface area contributed by atoms with E-state index in [1.54, 1.807) is 18.2 Å². The number of halogens is 2. The number of piperidine rings is 1. The SMILES string of the molecule is O=C(Nc1cccc(-c2nnc3n2CCCCC3)c1)C1CCNCC1(F)F. The van der Waals surface area contributed by atoms with Crippen molar-refractivity contribution in [1.29, 1.82) is 0 Å².